The summed E-state index contributed by atoms with van der Waals surface area (Å²) in [6.07, 6.45) is 2.30. The Balaban J connectivity index is 1.74. The number of carbonyl (C=O) groups excluding carboxylic acids is 1. The number of benzene rings is 1. The lowest BCUT2D eigenvalue weighted by atomic mass is 10.1. The number of nitrogens with one attached hydrogen (secondary N) is 1. The fourth-order valence-electron chi connectivity index (χ4n) is 2.75. The van der Waals surface area contributed by atoms with Gasteiger partial charge in [0.25, 0.3) is 11.6 Å². The van der Waals surface area contributed by atoms with Gasteiger partial charge in [-0.25, -0.2) is 0 Å². The number of nitro groups is 1. The smallest absolute Gasteiger partial charge is 0.272 e. The standard InChI is InChI=1S/C16H23N3O4/c1-12-11-13(3-4-15(12)19(22)23)16(21)17-7-2-8-18-9-5-14(20)6-10-18/h3-4,11,14,20H,2,5-10H2,1H3,(H,17,21). The highest BCUT2D eigenvalue weighted by Crippen LogP contribution is 2.18. The Hall–Kier alpha value is -1.99. The van der Waals surface area contributed by atoms with Gasteiger partial charge in [0.15, 0.2) is 0 Å². The Kier molecular flexibility index (Phi) is 6.06. The summed E-state index contributed by atoms with van der Waals surface area (Å²) in [6, 6.07) is 4.38. The van der Waals surface area contributed by atoms with E-state index in [2.05, 4.69) is 10.2 Å². The first kappa shape index (κ1) is 17.4. The number of carbonyl (C=O) groups is 1. The molecule has 1 aromatic rings. The van der Waals surface area contributed by atoms with Crippen LogP contribution in [-0.4, -0.2) is 53.1 Å². The van der Waals surface area contributed by atoms with Crippen molar-refractivity contribution >= 4 is 11.6 Å². The van der Waals surface area contributed by atoms with Crippen LogP contribution in [0.5, 0.6) is 0 Å². The van der Waals surface area contributed by atoms with Gasteiger partial charge < -0.3 is 15.3 Å². The molecule has 1 fully saturated rings. The van der Waals surface area contributed by atoms with E-state index in [4.69, 9.17) is 0 Å². The Bertz CT molecular complexity index is 568. The summed E-state index contributed by atoms with van der Waals surface area (Å²) in [4.78, 5) is 24.6. The summed E-state index contributed by atoms with van der Waals surface area (Å²) in [5.41, 5.74) is 0.942. The fourth-order valence-corrected chi connectivity index (χ4v) is 2.75. The van der Waals surface area contributed by atoms with E-state index in [1.807, 2.05) is 0 Å². The van der Waals surface area contributed by atoms with Crippen LogP contribution in [-0.2, 0) is 0 Å². The van der Waals surface area contributed by atoms with Crippen LogP contribution >= 0.6 is 0 Å². The number of aliphatic hydroxyl groups is 1. The zero-order chi connectivity index (χ0) is 16.8. The summed E-state index contributed by atoms with van der Waals surface area (Å²) >= 11 is 0. The molecule has 0 unspecified atom stereocenters. The molecule has 1 aromatic carbocycles. The van der Waals surface area contributed by atoms with Gasteiger partial charge in [-0.05, 0) is 44.9 Å². The highest BCUT2D eigenvalue weighted by Gasteiger charge is 2.16. The van der Waals surface area contributed by atoms with Crippen molar-refractivity contribution in [2.45, 2.75) is 32.3 Å². The highest BCUT2D eigenvalue weighted by molar-refractivity contribution is 5.94. The third-order valence-electron chi connectivity index (χ3n) is 4.15. The predicted molar refractivity (Wildman–Crippen MR) is 86.5 cm³/mol. The number of likely N-dealkylation sites (tertiary alicyclic amines) is 1. The molecule has 0 aromatic heterocycles. The number of nitro benzene ring substituents is 1. The van der Waals surface area contributed by atoms with Crippen molar-refractivity contribution in [3.05, 3.63) is 39.4 Å². The van der Waals surface area contributed by atoms with Gasteiger partial charge in [-0.2, -0.15) is 0 Å². The zero-order valence-corrected chi connectivity index (χ0v) is 13.3. The van der Waals surface area contributed by atoms with E-state index >= 15 is 0 Å². The van der Waals surface area contributed by atoms with Crippen molar-refractivity contribution in [2.24, 2.45) is 0 Å². The van der Waals surface area contributed by atoms with Crippen LogP contribution < -0.4 is 5.32 Å². The first-order chi connectivity index (χ1) is 11.0. The lowest BCUT2D eigenvalue weighted by molar-refractivity contribution is -0.385. The molecule has 23 heavy (non-hydrogen) atoms. The van der Waals surface area contributed by atoms with Crippen LogP contribution in [0.2, 0.25) is 0 Å². The van der Waals surface area contributed by atoms with Gasteiger partial charge in [0, 0.05) is 36.8 Å². The average molecular weight is 321 g/mol. The Morgan fingerprint density at radius 1 is 1.43 bits per heavy atom. The van der Waals surface area contributed by atoms with Crippen molar-refractivity contribution in [2.75, 3.05) is 26.2 Å². The van der Waals surface area contributed by atoms with Crippen molar-refractivity contribution < 1.29 is 14.8 Å². The van der Waals surface area contributed by atoms with E-state index in [1.54, 1.807) is 13.0 Å². The predicted octanol–water partition coefficient (Wildman–Crippen LogP) is 1.48. The molecular weight excluding hydrogens is 298 g/mol. The number of hydrogen-bond acceptors (Lipinski definition) is 5. The third kappa shape index (κ3) is 5.01. The summed E-state index contributed by atoms with van der Waals surface area (Å²) in [7, 11) is 0. The molecule has 0 bridgehead atoms. The minimum Gasteiger partial charge on any atom is -0.393 e. The lowest BCUT2D eigenvalue weighted by Gasteiger charge is -2.29. The number of nitrogens with zero attached hydrogens (tertiary/aromatic N) is 2. The van der Waals surface area contributed by atoms with Crippen molar-refractivity contribution in [3.8, 4) is 0 Å². The first-order valence-electron chi connectivity index (χ1n) is 7.91. The third-order valence-corrected chi connectivity index (χ3v) is 4.15. The molecular formula is C16H23N3O4. The number of piperidine rings is 1. The van der Waals surface area contributed by atoms with Crippen LogP contribution in [0.15, 0.2) is 18.2 Å². The highest BCUT2D eigenvalue weighted by atomic mass is 16.6. The minimum atomic E-state index is -0.452. The molecule has 1 aliphatic heterocycles. The second-order valence-electron chi connectivity index (χ2n) is 5.94. The molecule has 0 spiro atoms. The first-order valence-corrected chi connectivity index (χ1v) is 7.91. The van der Waals surface area contributed by atoms with Crippen molar-refractivity contribution in [3.63, 3.8) is 0 Å². The quantitative estimate of drug-likeness (QED) is 0.470. The van der Waals surface area contributed by atoms with E-state index in [0.717, 1.165) is 38.9 Å². The molecule has 1 heterocycles. The maximum absolute atomic E-state index is 12.0. The van der Waals surface area contributed by atoms with Gasteiger partial charge in [0.05, 0.1) is 11.0 Å². The van der Waals surface area contributed by atoms with Gasteiger partial charge >= 0.3 is 0 Å². The Morgan fingerprint density at radius 2 is 2.13 bits per heavy atom. The molecule has 2 rings (SSSR count). The molecule has 7 nitrogen and oxygen atoms in total. The minimum absolute atomic E-state index is 0.0221. The van der Waals surface area contributed by atoms with Gasteiger partial charge in [-0.15, -0.1) is 0 Å². The molecule has 2 N–H and O–H groups in total. The van der Waals surface area contributed by atoms with Crippen molar-refractivity contribution in [1.29, 1.82) is 0 Å². The van der Waals surface area contributed by atoms with Crippen molar-refractivity contribution in [1.82, 2.24) is 10.2 Å². The summed E-state index contributed by atoms with van der Waals surface area (Å²) in [6.45, 7) is 4.88. The number of amides is 1. The average Bonchev–Trinajstić information content (AvgIpc) is 2.52. The molecule has 7 heteroatoms. The van der Waals surface area contributed by atoms with Gasteiger partial charge in [0.1, 0.15) is 0 Å². The maximum atomic E-state index is 12.0. The number of aryl methyl sites for hydroxylation is 1. The van der Waals surface area contributed by atoms with Crippen LogP contribution in [0.3, 0.4) is 0 Å². The fraction of sp³-hybridized carbons (Fsp3) is 0.562. The molecule has 126 valence electrons. The molecule has 1 amide bonds. The summed E-state index contributed by atoms with van der Waals surface area (Å²) in [5, 5.41) is 23.1. The normalized spacial score (nSPS) is 16.3. The van der Waals surface area contributed by atoms with E-state index < -0.39 is 4.92 Å². The van der Waals surface area contributed by atoms with Crippen LogP contribution in [0, 0.1) is 17.0 Å². The summed E-state index contributed by atoms with van der Waals surface area (Å²) in [5.74, 6) is -0.211. The van der Waals surface area contributed by atoms with E-state index in [1.165, 1.54) is 12.1 Å². The molecule has 0 radical (unpaired) electrons. The molecule has 1 saturated heterocycles. The van der Waals surface area contributed by atoms with Gasteiger partial charge in [-0.3, -0.25) is 14.9 Å². The monoisotopic (exact) mass is 321 g/mol. The second kappa shape index (κ2) is 8.03. The van der Waals surface area contributed by atoms with E-state index in [-0.39, 0.29) is 17.7 Å². The molecule has 0 aliphatic carbocycles. The van der Waals surface area contributed by atoms with Crippen LogP contribution in [0.1, 0.15) is 35.2 Å². The number of rotatable bonds is 6. The topological polar surface area (TPSA) is 95.7 Å². The van der Waals surface area contributed by atoms with Gasteiger partial charge in [-0.1, -0.05) is 0 Å². The van der Waals surface area contributed by atoms with Crippen LogP contribution in [0.25, 0.3) is 0 Å². The SMILES string of the molecule is Cc1cc(C(=O)NCCCN2CCC(O)CC2)ccc1[N+](=O)[O-]. The second-order valence-corrected chi connectivity index (χ2v) is 5.94. The van der Waals surface area contributed by atoms with E-state index in [9.17, 15) is 20.0 Å². The van der Waals surface area contributed by atoms with E-state index in [0.29, 0.717) is 17.7 Å². The van der Waals surface area contributed by atoms with Gasteiger partial charge in [0.2, 0.25) is 0 Å². The Morgan fingerprint density at radius 3 is 2.74 bits per heavy atom. The molecule has 1 aliphatic rings. The summed E-state index contributed by atoms with van der Waals surface area (Å²) < 4.78 is 0. The number of aliphatic hydroxyl groups excluding tert-OH is 1. The van der Waals surface area contributed by atoms with Crippen LogP contribution in [0.4, 0.5) is 5.69 Å². The molecule has 0 atom stereocenters. The lowest BCUT2D eigenvalue weighted by Crippen LogP contribution is -2.37. The zero-order valence-electron chi connectivity index (χ0n) is 13.3. The number of hydrogen-bond donors (Lipinski definition) is 2. The maximum Gasteiger partial charge on any atom is 0.272 e. The Labute approximate surface area is 135 Å². The largest absolute Gasteiger partial charge is 0.393 e. The molecule has 0 saturated carbocycles.